The molecule has 4 atom stereocenters. The Labute approximate surface area is 274 Å². The van der Waals surface area contributed by atoms with Crippen LogP contribution >= 0.6 is 12.4 Å². The van der Waals surface area contributed by atoms with Gasteiger partial charge in [0.2, 0.25) is 5.91 Å². The summed E-state index contributed by atoms with van der Waals surface area (Å²) < 4.78 is 0. The van der Waals surface area contributed by atoms with Crippen molar-refractivity contribution in [2.75, 3.05) is 13.1 Å². The first-order valence-electron chi connectivity index (χ1n) is 16.8. The van der Waals surface area contributed by atoms with Crippen LogP contribution in [0.4, 0.5) is 0 Å². The predicted molar refractivity (Wildman–Crippen MR) is 186 cm³/mol. The summed E-state index contributed by atoms with van der Waals surface area (Å²) in [6.45, 7) is 4.51. The molecule has 1 aliphatic heterocycles. The van der Waals surface area contributed by atoms with Gasteiger partial charge in [0.25, 0.3) is 0 Å². The Hall–Kier alpha value is -3.34. The van der Waals surface area contributed by atoms with E-state index in [-0.39, 0.29) is 29.8 Å². The number of halogens is 1. The number of aryl methyl sites for hydroxylation is 1. The van der Waals surface area contributed by atoms with Crippen LogP contribution in [0.25, 0.3) is 10.8 Å². The van der Waals surface area contributed by atoms with Crippen molar-refractivity contribution in [2.45, 2.75) is 87.6 Å². The molecule has 236 valence electrons. The highest BCUT2D eigenvalue weighted by atomic mass is 35.5. The quantitative estimate of drug-likeness (QED) is 0.208. The number of amides is 1. The van der Waals surface area contributed by atoms with Gasteiger partial charge in [0.15, 0.2) is 0 Å². The summed E-state index contributed by atoms with van der Waals surface area (Å²) in [5.41, 5.74) is 3.26. The van der Waals surface area contributed by atoms with Crippen molar-refractivity contribution in [3.63, 3.8) is 0 Å². The van der Waals surface area contributed by atoms with Gasteiger partial charge >= 0.3 is 0 Å². The maximum Gasteiger partial charge on any atom is 0.230 e. The van der Waals surface area contributed by atoms with Crippen LogP contribution in [0.1, 0.15) is 75.0 Å². The number of carbonyl (C=O) groups excluding carboxylic acids is 1. The number of phenolic OH excluding ortho intramolecular Hbond substituents is 1. The first-order chi connectivity index (χ1) is 21.4. The fourth-order valence-electron chi connectivity index (χ4n) is 9.08. The number of piperidine rings is 1. The molecule has 2 saturated carbocycles. The number of rotatable bonds is 8. The lowest BCUT2D eigenvalue weighted by atomic mass is 9.57. The second kappa shape index (κ2) is 13.2. The third-order valence-electron chi connectivity index (χ3n) is 11.4. The molecule has 5 heteroatoms. The average Bonchev–Trinajstić information content (AvgIpc) is 3.55. The zero-order chi connectivity index (χ0) is 30.1. The molecule has 1 heterocycles. The van der Waals surface area contributed by atoms with Gasteiger partial charge in [-0.2, -0.15) is 0 Å². The molecule has 4 aromatic rings. The van der Waals surface area contributed by atoms with Crippen molar-refractivity contribution < 1.29 is 9.90 Å². The largest absolute Gasteiger partial charge is 0.508 e. The molecule has 7 rings (SSSR count). The topological polar surface area (TPSA) is 52.6 Å². The number of likely N-dealkylation sites (tertiary alicyclic amines) is 1. The second-order valence-corrected chi connectivity index (χ2v) is 14.0. The summed E-state index contributed by atoms with van der Waals surface area (Å²) in [5.74, 6) is 0.959. The number of hydrogen-bond donors (Lipinski definition) is 2. The third-order valence-corrected chi connectivity index (χ3v) is 11.4. The molecular weight excluding hydrogens is 576 g/mol. The molecule has 3 fully saturated rings. The number of benzene rings is 4. The number of hydrogen-bond acceptors (Lipinski definition) is 3. The van der Waals surface area contributed by atoms with E-state index < -0.39 is 5.41 Å². The van der Waals surface area contributed by atoms with Crippen molar-refractivity contribution in [1.82, 2.24) is 10.2 Å². The van der Waals surface area contributed by atoms with Gasteiger partial charge in [0, 0.05) is 24.0 Å². The molecule has 2 aliphatic carbocycles. The fourth-order valence-corrected chi connectivity index (χ4v) is 9.08. The Kier molecular flexibility index (Phi) is 9.27. The van der Waals surface area contributed by atoms with Crippen LogP contribution in [-0.4, -0.2) is 41.1 Å². The van der Waals surface area contributed by atoms with Gasteiger partial charge in [0.05, 0.1) is 5.41 Å². The Bertz CT molecular complexity index is 1620. The average molecular weight is 623 g/mol. The Morgan fingerprint density at radius 2 is 1.62 bits per heavy atom. The summed E-state index contributed by atoms with van der Waals surface area (Å²) >= 11 is 0. The van der Waals surface area contributed by atoms with E-state index in [0.717, 1.165) is 70.9 Å². The Balaban J connectivity index is 0.00000357. The summed E-state index contributed by atoms with van der Waals surface area (Å²) in [4.78, 5) is 17.2. The zero-order valence-corrected chi connectivity index (χ0v) is 27.3. The Morgan fingerprint density at radius 1 is 0.867 bits per heavy atom. The third kappa shape index (κ3) is 6.12. The zero-order valence-electron chi connectivity index (χ0n) is 26.5. The summed E-state index contributed by atoms with van der Waals surface area (Å²) in [6.07, 6.45) is 9.20. The number of nitrogens with zero attached hydrogens (tertiary/aromatic N) is 1. The van der Waals surface area contributed by atoms with E-state index in [4.69, 9.17) is 0 Å². The maximum absolute atomic E-state index is 14.5. The highest BCUT2D eigenvalue weighted by Crippen LogP contribution is 2.51. The van der Waals surface area contributed by atoms with Gasteiger partial charge in [-0.15, -0.1) is 12.4 Å². The van der Waals surface area contributed by atoms with Crippen molar-refractivity contribution in [1.29, 1.82) is 0 Å². The first kappa shape index (κ1) is 31.6. The number of carbonyl (C=O) groups is 1. The van der Waals surface area contributed by atoms with Gasteiger partial charge in [-0.1, -0.05) is 105 Å². The van der Waals surface area contributed by atoms with Gasteiger partial charge in [-0.3, -0.25) is 9.69 Å². The van der Waals surface area contributed by atoms with Crippen LogP contribution < -0.4 is 5.32 Å². The molecule has 3 aliphatic rings. The van der Waals surface area contributed by atoms with E-state index in [1.54, 1.807) is 6.07 Å². The SMILES string of the molecule is C[C@H]1CN(CCCc2ccccc2)[C@@H]2C[C@@H](NC(=O)C3(c4ccc5ccccc5c4)CCCC3)C[C@@]1(c1cccc(O)c1)C2.Cl. The summed E-state index contributed by atoms with van der Waals surface area (Å²) in [7, 11) is 0. The lowest BCUT2D eigenvalue weighted by Gasteiger charge is -2.57. The molecule has 1 saturated heterocycles. The van der Waals surface area contributed by atoms with Crippen molar-refractivity contribution in [3.8, 4) is 5.75 Å². The summed E-state index contributed by atoms with van der Waals surface area (Å²) in [6, 6.07) is 34.4. The number of phenols is 1. The monoisotopic (exact) mass is 622 g/mol. The van der Waals surface area contributed by atoms with Crippen molar-refractivity contribution in [2.24, 2.45) is 5.92 Å². The predicted octanol–water partition coefficient (Wildman–Crippen LogP) is 8.34. The van der Waals surface area contributed by atoms with E-state index >= 15 is 0 Å². The smallest absolute Gasteiger partial charge is 0.230 e. The van der Waals surface area contributed by atoms with Crippen LogP contribution in [0, 0.1) is 5.92 Å². The minimum atomic E-state index is -0.463. The van der Waals surface area contributed by atoms with E-state index in [9.17, 15) is 9.90 Å². The van der Waals surface area contributed by atoms with Gasteiger partial charge in [-0.05, 0) is 97.0 Å². The first-order valence-corrected chi connectivity index (χ1v) is 16.8. The molecule has 0 radical (unpaired) electrons. The Morgan fingerprint density at radius 3 is 2.40 bits per heavy atom. The van der Waals surface area contributed by atoms with E-state index in [1.165, 1.54) is 27.5 Å². The molecule has 2 bridgehead atoms. The van der Waals surface area contributed by atoms with Crippen LogP contribution in [0.5, 0.6) is 5.75 Å². The number of aromatic hydroxyl groups is 1. The van der Waals surface area contributed by atoms with Crippen LogP contribution in [0.15, 0.2) is 97.1 Å². The second-order valence-electron chi connectivity index (χ2n) is 14.0. The minimum absolute atomic E-state index is 0. The molecule has 45 heavy (non-hydrogen) atoms. The fraction of sp³-hybridized carbons (Fsp3) is 0.425. The lowest BCUT2D eigenvalue weighted by Crippen LogP contribution is -2.62. The maximum atomic E-state index is 14.5. The molecular formula is C40H47ClN2O2. The molecule has 4 nitrogen and oxygen atoms in total. The molecule has 1 amide bonds. The molecule has 0 unspecified atom stereocenters. The minimum Gasteiger partial charge on any atom is -0.508 e. The van der Waals surface area contributed by atoms with Gasteiger partial charge < -0.3 is 10.4 Å². The van der Waals surface area contributed by atoms with Gasteiger partial charge in [0.1, 0.15) is 5.75 Å². The number of fused-ring (bicyclic) bond motifs is 3. The summed E-state index contributed by atoms with van der Waals surface area (Å²) in [5, 5.41) is 16.6. The van der Waals surface area contributed by atoms with Crippen LogP contribution in [0.3, 0.4) is 0 Å². The standard InChI is InChI=1S/C40H46N2O2.ClH/c1-29-28-42(22-10-13-30-11-3-2-4-12-30)36-25-35(26-40(29,27-36)33-16-9-17-37(43)24-33)41-38(44)39(20-7-8-21-39)34-19-18-31-14-5-6-15-32(31)23-34;/h2-6,9,11-12,14-19,23-24,29,35-36,43H,7-8,10,13,20-22,25-28H2,1H3,(H,41,44);1H/t29-,35+,36+,40+;/m0./s1. The normalized spacial score (nSPS) is 25.8. The molecule has 2 N–H and O–H groups in total. The number of nitrogens with one attached hydrogen (secondary N) is 1. The highest BCUT2D eigenvalue weighted by Gasteiger charge is 2.52. The lowest BCUT2D eigenvalue weighted by molar-refractivity contribution is -0.128. The molecule has 4 aromatic carbocycles. The molecule has 0 aromatic heterocycles. The van der Waals surface area contributed by atoms with E-state index in [1.807, 2.05) is 12.1 Å². The van der Waals surface area contributed by atoms with Crippen LogP contribution in [0.2, 0.25) is 0 Å². The van der Waals surface area contributed by atoms with E-state index in [2.05, 4.69) is 96.0 Å². The molecule has 0 spiro atoms. The van der Waals surface area contributed by atoms with Crippen molar-refractivity contribution in [3.05, 3.63) is 114 Å². The van der Waals surface area contributed by atoms with E-state index in [0.29, 0.717) is 17.7 Å². The van der Waals surface area contributed by atoms with Crippen LogP contribution in [-0.2, 0) is 22.0 Å². The van der Waals surface area contributed by atoms with Crippen molar-refractivity contribution >= 4 is 29.1 Å². The van der Waals surface area contributed by atoms with Gasteiger partial charge in [-0.25, -0.2) is 0 Å². The highest BCUT2D eigenvalue weighted by molar-refractivity contribution is 5.91.